The molecule has 0 amide bonds. The molecule has 0 saturated heterocycles. The van der Waals surface area contributed by atoms with Crippen LogP contribution in [0.1, 0.15) is 328 Å². The van der Waals surface area contributed by atoms with Crippen LogP contribution in [0.15, 0.2) is 249 Å². The van der Waals surface area contributed by atoms with Crippen molar-refractivity contribution in [3.05, 3.63) is 343 Å². The Morgan fingerprint density at radius 1 is 0.287 bits per heavy atom. The number of fused-ring (bicyclic) bond motifs is 10. The summed E-state index contributed by atoms with van der Waals surface area (Å²) in [6.45, 7) is 58.4. The van der Waals surface area contributed by atoms with Crippen LogP contribution < -0.4 is 0 Å². The van der Waals surface area contributed by atoms with E-state index in [9.17, 15) is 4.39 Å². The van der Waals surface area contributed by atoms with E-state index in [0.29, 0.717) is 71.0 Å². The number of nitrogens with zero attached hydrogens (tertiary/aromatic N) is 2. The fraction of sp³-hybridized carbons (Fsp3) is 0.369. The van der Waals surface area contributed by atoms with E-state index in [1.54, 1.807) is 12.1 Å². The summed E-state index contributed by atoms with van der Waals surface area (Å²) in [6, 6.07) is 89.3. The molecule has 115 heavy (non-hydrogen) atoms. The van der Waals surface area contributed by atoms with Gasteiger partial charge in [0.1, 0.15) is 5.82 Å². The molecule has 606 valence electrons. The van der Waals surface area contributed by atoms with Gasteiger partial charge in [0.25, 0.3) is 0 Å². The van der Waals surface area contributed by atoms with E-state index in [1.165, 1.54) is 138 Å². The minimum atomic E-state index is -0.116. The average molecular weight is 1550 g/mol. The lowest BCUT2D eigenvalue weighted by atomic mass is 9.94. The molecule has 0 spiro atoms. The van der Waals surface area contributed by atoms with E-state index in [4.69, 9.17) is 11.6 Å². The second-order valence-corrected chi connectivity index (χ2v) is 36.0. The largest absolute Gasteiger partial charge is 0.344 e. The molecule has 0 bridgehead atoms. The van der Waals surface area contributed by atoms with E-state index in [-0.39, 0.29) is 5.82 Å². The summed E-state index contributed by atoms with van der Waals surface area (Å²) >= 11 is 6.04. The van der Waals surface area contributed by atoms with Crippen LogP contribution >= 0.6 is 11.6 Å². The van der Waals surface area contributed by atoms with Gasteiger partial charge in [0.2, 0.25) is 0 Å². The Hall–Kier alpha value is -9.28. The lowest BCUT2D eigenvalue weighted by Gasteiger charge is -2.12. The predicted octanol–water partition coefficient (Wildman–Crippen LogP) is 34.6. The van der Waals surface area contributed by atoms with Crippen molar-refractivity contribution in [1.82, 2.24) is 9.13 Å². The van der Waals surface area contributed by atoms with Crippen molar-refractivity contribution in [2.24, 2.45) is 7.05 Å². The van der Waals surface area contributed by atoms with Gasteiger partial charge in [0.15, 0.2) is 0 Å². The summed E-state index contributed by atoms with van der Waals surface area (Å²) in [5.74, 6) is 6.71. The van der Waals surface area contributed by atoms with Crippen molar-refractivity contribution in [2.75, 3.05) is 0 Å². The Morgan fingerprint density at radius 2 is 0.626 bits per heavy atom. The van der Waals surface area contributed by atoms with Gasteiger partial charge in [0.05, 0.1) is 0 Å². The van der Waals surface area contributed by atoms with E-state index in [2.05, 4.69) is 433 Å². The molecule has 2 aromatic heterocycles. The SMILES string of the molecule is CC(C)c1cc(Cl)cc(C(C)C)c1.CC(C)c1cc(F)cc(C(C)C)c1.CC(C)c1ccc2c(c1)-c1ccccc1C2.CC(C)c1ccc2c(c1)c1ccccc1n2C.CC(C)c1cccc(C(C)C)c1.CC(C)c1cccc2ccccc12.CCn1c2ccccc2c2cc(C(C)C)ccc21.Cc1cc(C(C)C)cc(C(C)C)c1. The Bertz CT molecular complexity index is 5170. The molecule has 14 aromatic rings. The molecular weight excluding hydrogens is 1420 g/mol. The number of para-hydroxylation sites is 2. The highest BCUT2D eigenvalue weighted by atomic mass is 35.5. The number of benzene rings is 12. The Morgan fingerprint density at radius 3 is 1.11 bits per heavy atom. The van der Waals surface area contributed by atoms with E-state index in [0.717, 1.165) is 29.1 Å². The van der Waals surface area contributed by atoms with Crippen molar-refractivity contribution in [1.29, 1.82) is 0 Å². The Labute approximate surface area is 700 Å². The summed E-state index contributed by atoms with van der Waals surface area (Å²) in [4.78, 5) is 0. The normalized spacial score (nSPS) is 11.6. The van der Waals surface area contributed by atoms with Gasteiger partial charge in [0, 0.05) is 62.2 Å². The van der Waals surface area contributed by atoms with Gasteiger partial charge in [-0.1, -0.05) is 371 Å². The number of hydrogen-bond donors (Lipinski definition) is 0. The number of aromatic nitrogens is 2. The second kappa shape index (κ2) is 42.5. The molecule has 0 atom stereocenters. The van der Waals surface area contributed by atoms with Crippen LogP contribution in [0.5, 0.6) is 0 Å². The van der Waals surface area contributed by atoms with Crippen molar-refractivity contribution >= 4 is 66.0 Å². The lowest BCUT2D eigenvalue weighted by Crippen LogP contribution is -1.94. The molecule has 2 heterocycles. The molecule has 1 aliphatic rings. The molecular formula is C111H138ClFN2. The maximum absolute atomic E-state index is 13.1. The minimum absolute atomic E-state index is 0.116. The predicted molar refractivity (Wildman–Crippen MR) is 509 cm³/mol. The topological polar surface area (TPSA) is 9.86 Å². The highest BCUT2D eigenvalue weighted by molar-refractivity contribution is 6.30. The monoisotopic (exact) mass is 1550 g/mol. The zero-order valence-electron chi connectivity index (χ0n) is 75.2. The fourth-order valence-electron chi connectivity index (χ4n) is 15.0. The third-order valence-corrected chi connectivity index (χ3v) is 22.8. The molecule has 4 heteroatoms. The summed E-state index contributed by atoms with van der Waals surface area (Å²) in [5, 5.41) is 9.07. The number of hydrogen-bond acceptors (Lipinski definition) is 0. The Balaban J connectivity index is 0.000000165. The number of halogens is 2. The molecule has 1 aliphatic carbocycles. The van der Waals surface area contributed by atoms with Crippen LogP contribution in [-0.2, 0) is 20.0 Å². The fourth-order valence-corrected chi connectivity index (χ4v) is 15.2. The van der Waals surface area contributed by atoms with Crippen LogP contribution in [0.2, 0.25) is 5.02 Å². The summed E-state index contributed by atoms with van der Waals surface area (Å²) in [5.41, 5.74) is 28.9. The van der Waals surface area contributed by atoms with Crippen LogP contribution in [0.25, 0.3) is 65.5 Å². The maximum atomic E-state index is 13.1. The maximum Gasteiger partial charge on any atom is 0.123 e. The first kappa shape index (κ1) is 91.2. The molecule has 0 aliphatic heterocycles. The molecule has 0 radical (unpaired) electrons. The van der Waals surface area contributed by atoms with Gasteiger partial charge in [-0.05, 0) is 252 Å². The van der Waals surface area contributed by atoms with Gasteiger partial charge in [-0.2, -0.15) is 0 Å². The second-order valence-electron chi connectivity index (χ2n) is 35.5. The van der Waals surface area contributed by atoms with Crippen LogP contribution in [0, 0.1) is 12.7 Å². The molecule has 2 nitrogen and oxygen atoms in total. The highest BCUT2D eigenvalue weighted by Gasteiger charge is 2.19. The van der Waals surface area contributed by atoms with Gasteiger partial charge >= 0.3 is 0 Å². The number of rotatable bonds is 13. The van der Waals surface area contributed by atoms with Crippen LogP contribution in [-0.4, -0.2) is 9.13 Å². The molecule has 0 saturated carbocycles. The first-order valence-electron chi connectivity index (χ1n) is 43.1. The molecule has 0 unspecified atom stereocenters. The molecule has 12 aromatic carbocycles. The summed E-state index contributed by atoms with van der Waals surface area (Å²) in [7, 11) is 2.14. The minimum Gasteiger partial charge on any atom is -0.344 e. The van der Waals surface area contributed by atoms with Gasteiger partial charge in [-0.25, -0.2) is 4.39 Å². The van der Waals surface area contributed by atoms with E-state index < -0.39 is 0 Å². The molecule has 0 N–H and O–H groups in total. The zero-order chi connectivity index (χ0) is 84.2. The van der Waals surface area contributed by atoms with E-state index in [1.807, 2.05) is 0 Å². The third kappa shape index (κ3) is 24.6. The first-order valence-corrected chi connectivity index (χ1v) is 43.4. The van der Waals surface area contributed by atoms with Gasteiger partial charge in [-0.15, -0.1) is 0 Å². The van der Waals surface area contributed by atoms with Gasteiger partial charge in [-0.3, -0.25) is 0 Å². The standard InChI is InChI=1S/C17H19N.C16H17N.C16H16.C13H14.C13H20.C12H17Cl.C12H17F.C12H18/c1-4-18-16-8-6-5-7-14(16)15-11-13(12(2)3)9-10-17(15)18;1-11(2)12-8-9-16-14(10-12)13-6-4-5-7-15(13)17(16)3;1-11(2)12-7-8-14-9-13-5-3-4-6-15(13)16(14)10-12;1-10(2)12-9-5-7-11-6-3-4-8-13(11)12;1-9(2)12-6-11(5)7-13(8-12)10(3)4;2*1-8(2)10-5-11(9(3)4)7-12(13)6-10;1-9(2)11-6-5-7-12(8-11)10(3)4/h5-12H,4H2,1-3H3;4-11H,1-3H3;3-8,10-11H,9H2,1-2H3;3-10H,1-2H3;6-10H,1-5H3;2*5-9H,1-4H3;5-10H,1-4H3. The van der Waals surface area contributed by atoms with Crippen molar-refractivity contribution in [2.45, 2.75) is 264 Å². The quantitative estimate of drug-likeness (QED) is 0.109. The van der Waals surface area contributed by atoms with Crippen molar-refractivity contribution in [3.63, 3.8) is 0 Å². The number of aryl methyl sites for hydroxylation is 3. The smallest absolute Gasteiger partial charge is 0.123 e. The van der Waals surface area contributed by atoms with Gasteiger partial charge < -0.3 is 9.13 Å². The lowest BCUT2D eigenvalue weighted by molar-refractivity contribution is 0.618. The summed E-state index contributed by atoms with van der Waals surface area (Å²) < 4.78 is 17.8. The average Bonchev–Trinajstić information content (AvgIpc) is 1.63. The third-order valence-electron chi connectivity index (χ3n) is 22.6. The van der Waals surface area contributed by atoms with E-state index >= 15 is 0 Å². The van der Waals surface area contributed by atoms with Crippen LogP contribution in [0.4, 0.5) is 4.39 Å². The zero-order valence-corrected chi connectivity index (χ0v) is 75.9. The van der Waals surface area contributed by atoms with Crippen molar-refractivity contribution < 1.29 is 4.39 Å². The highest BCUT2D eigenvalue weighted by Crippen LogP contribution is 2.39. The molecule has 0 fully saturated rings. The Kier molecular flexibility index (Phi) is 33.8. The van der Waals surface area contributed by atoms with Crippen LogP contribution in [0.3, 0.4) is 0 Å². The molecule has 15 rings (SSSR count). The first-order chi connectivity index (χ1) is 54.6. The summed E-state index contributed by atoms with van der Waals surface area (Å²) in [6.07, 6.45) is 1.10. The van der Waals surface area contributed by atoms with Crippen molar-refractivity contribution in [3.8, 4) is 11.1 Å².